The van der Waals surface area contributed by atoms with Crippen LogP contribution in [0.5, 0.6) is 0 Å². The van der Waals surface area contributed by atoms with Crippen LogP contribution in [-0.4, -0.2) is 55.9 Å². The van der Waals surface area contributed by atoms with E-state index in [0.717, 1.165) is 0 Å². The predicted molar refractivity (Wildman–Crippen MR) is 28.1 cm³/mol. The van der Waals surface area contributed by atoms with Gasteiger partial charge in [0.25, 0.3) is 0 Å². The zero-order chi connectivity index (χ0) is 4.99. The third kappa shape index (κ3) is 7.07. The molecule has 7 heavy (non-hydrogen) atoms. The minimum absolute atomic E-state index is 0. The third-order valence-corrected chi connectivity index (χ3v) is 0.864. The molecule has 2 N–H and O–H groups in total. The molecule has 0 aromatic heterocycles. The summed E-state index contributed by atoms with van der Waals surface area (Å²) in [5.41, 5.74) is 0. The molecule has 0 bridgehead atoms. The fraction of sp³-hybridized carbons (Fsp3) is 1.00. The maximum absolute atomic E-state index is 9.79. The van der Waals surface area contributed by atoms with Crippen LogP contribution in [0.2, 0.25) is 0 Å². The van der Waals surface area contributed by atoms with Crippen LogP contribution in [0.25, 0.3) is 0 Å². The van der Waals surface area contributed by atoms with E-state index in [1.165, 1.54) is 0 Å². The van der Waals surface area contributed by atoms with E-state index in [0.29, 0.717) is 0 Å². The average Bonchev–Trinajstić information content (AvgIpc) is 1.65. The van der Waals surface area contributed by atoms with Crippen LogP contribution < -0.4 is 0 Å². The maximum atomic E-state index is 9.79. The van der Waals surface area contributed by atoms with Gasteiger partial charge in [0.2, 0.25) is 0 Å². The first-order valence-electron chi connectivity index (χ1n) is 1.38. The second kappa shape index (κ2) is 7.07. The summed E-state index contributed by atoms with van der Waals surface area (Å²) in [5.74, 6) is -0.896. The van der Waals surface area contributed by atoms with Gasteiger partial charge in [-0.15, -0.1) is 0 Å². The quantitative estimate of drug-likeness (QED) is 0.439. The summed E-state index contributed by atoms with van der Waals surface area (Å²) in [7, 11) is -1.42. The zero-order valence-corrected chi connectivity index (χ0v) is 6.94. The largest absolute Gasteiger partial charge is 0.383 e. The molecule has 0 heterocycles. The second-order valence-corrected chi connectivity index (χ2v) is 2.09. The van der Waals surface area contributed by atoms with Gasteiger partial charge in [-0.05, 0) is 0 Å². The van der Waals surface area contributed by atoms with Crippen molar-refractivity contribution in [1.82, 2.24) is 0 Å². The Morgan fingerprint density at radius 1 is 1.29 bits per heavy atom. The van der Waals surface area contributed by atoms with Crippen molar-refractivity contribution >= 4 is 40.4 Å². The Labute approximate surface area is 66.5 Å². The SMILES string of the molecule is O=S(CO)CO.[Na]. The van der Waals surface area contributed by atoms with Crippen molar-refractivity contribution in [1.29, 1.82) is 0 Å². The van der Waals surface area contributed by atoms with Crippen LogP contribution in [0.15, 0.2) is 0 Å². The molecule has 0 amide bonds. The molecule has 1 radical (unpaired) electrons. The predicted octanol–water partition coefficient (Wildman–Crippen LogP) is -1.75. The summed E-state index contributed by atoms with van der Waals surface area (Å²) in [6.45, 7) is 0. The van der Waals surface area contributed by atoms with E-state index < -0.39 is 22.7 Å². The van der Waals surface area contributed by atoms with Gasteiger partial charge >= 0.3 is 0 Å². The first-order valence-corrected chi connectivity index (χ1v) is 2.86. The molecule has 0 saturated carbocycles. The van der Waals surface area contributed by atoms with Crippen LogP contribution in [0.3, 0.4) is 0 Å². The Balaban J connectivity index is 0. The van der Waals surface area contributed by atoms with Crippen LogP contribution in [0.1, 0.15) is 0 Å². The molecule has 0 aliphatic carbocycles. The van der Waals surface area contributed by atoms with E-state index in [1.54, 1.807) is 0 Å². The molecule has 0 saturated heterocycles. The summed E-state index contributed by atoms with van der Waals surface area (Å²) in [6, 6.07) is 0. The van der Waals surface area contributed by atoms with E-state index in [4.69, 9.17) is 10.2 Å². The molecule has 0 aliphatic rings. The maximum Gasteiger partial charge on any atom is 0.120 e. The van der Waals surface area contributed by atoms with Gasteiger partial charge in [-0.25, -0.2) is 0 Å². The van der Waals surface area contributed by atoms with Crippen LogP contribution in [0.4, 0.5) is 0 Å². The first kappa shape index (κ1) is 10.9. The Morgan fingerprint density at radius 2 is 1.57 bits per heavy atom. The van der Waals surface area contributed by atoms with Crippen LogP contribution in [-0.2, 0) is 10.8 Å². The molecular weight excluding hydrogens is 127 g/mol. The molecule has 0 aliphatic heterocycles. The molecule has 0 spiro atoms. The van der Waals surface area contributed by atoms with E-state index in [2.05, 4.69) is 0 Å². The molecule has 0 atom stereocenters. The Morgan fingerprint density at radius 3 is 1.57 bits per heavy atom. The Kier molecular flexibility index (Phi) is 11.1. The molecule has 5 heteroatoms. The zero-order valence-electron chi connectivity index (χ0n) is 4.13. The number of hydrogen-bond donors (Lipinski definition) is 2. The third-order valence-electron chi connectivity index (χ3n) is 0.288. The summed E-state index contributed by atoms with van der Waals surface area (Å²) in [5, 5.41) is 15.7. The van der Waals surface area contributed by atoms with Gasteiger partial charge in [-0.2, -0.15) is 0 Å². The minimum Gasteiger partial charge on any atom is -0.383 e. The van der Waals surface area contributed by atoms with Gasteiger partial charge in [0.15, 0.2) is 0 Å². The van der Waals surface area contributed by atoms with E-state index >= 15 is 0 Å². The fourth-order valence-electron chi connectivity index (χ4n) is 0.0408. The molecular formula is C2H6NaO3S. The molecule has 0 fully saturated rings. The normalized spacial score (nSPS) is 8.43. The van der Waals surface area contributed by atoms with Crippen LogP contribution >= 0.6 is 0 Å². The Hall–Kier alpha value is 1.07. The van der Waals surface area contributed by atoms with Crippen molar-refractivity contribution in [3.8, 4) is 0 Å². The number of rotatable bonds is 2. The molecule has 3 nitrogen and oxygen atoms in total. The standard InChI is InChI=1S/C2H6O3S.Na/c3-1-6(5)2-4;/h3-4H,1-2H2;. The van der Waals surface area contributed by atoms with Gasteiger partial charge in [0.05, 0.1) is 10.8 Å². The van der Waals surface area contributed by atoms with Gasteiger partial charge in [-0.1, -0.05) is 0 Å². The van der Waals surface area contributed by atoms with Gasteiger partial charge in [0.1, 0.15) is 11.9 Å². The minimum atomic E-state index is -1.42. The summed E-state index contributed by atoms with van der Waals surface area (Å²) >= 11 is 0. The molecule has 0 aromatic rings. The summed E-state index contributed by atoms with van der Waals surface area (Å²) in [4.78, 5) is 0. The van der Waals surface area contributed by atoms with Crippen molar-refractivity contribution in [3.05, 3.63) is 0 Å². The van der Waals surface area contributed by atoms with E-state index in [1.807, 2.05) is 0 Å². The number of hydrogen-bond acceptors (Lipinski definition) is 3. The number of aliphatic hydroxyl groups is 2. The smallest absolute Gasteiger partial charge is 0.120 e. The summed E-state index contributed by atoms with van der Waals surface area (Å²) in [6.07, 6.45) is 0. The summed E-state index contributed by atoms with van der Waals surface area (Å²) < 4.78 is 9.79. The number of aliphatic hydroxyl groups excluding tert-OH is 2. The van der Waals surface area contributed by atoms with E-state index in [-0.39, 0.29) is 29.6 Å². The van der Waals surface area contributed by atoms with Crippen molar-refractivity contribution in [2.24, 2.45) is 0 Å². The van der Waals surface area contributed by atoms with Gasteiger partial charge < -0.3 is 10.2 Å². The van der Waals surface area contributed by atoms with Gasteiger partial charge in [-0.3, -0.25) is 4.21 Å². The molecule has 0 rings (SSSR count). The Bertz CT molecular complexity index is 50.9. The van der Waals surface area contributed by atoms with Crippen molar-refractivity contribution in [3.63, 3.8) is 0 Å². The van der Waals surface area contributed by atoms with Crippen LogP contribution in [0, 0.1) is 0 Å². The van der Waals surface area contributed by atoms with Crippen molar-refractivity contribution < 1.29 is 14.4 Å². The molecule has 0 aromatic carbocycles. The average molecular weight is 133 g/mol. The monoisotopic (exact) mass is 133 g/mol. The van der Waals surface area contributed by atoms with Crippen molar-refractivity contribution in [2.75, 3.05) is 11.9 Å². The van der Waals surface area contributed by atoms with Crippen molar-refractivity contribution in [2.45, 2.75) is 0 Å². The van der Waals surface area contributed by atoms with Gasteiger partial charge in [0, 0.05) is 29.6 Å². The fourth-order valence-corrected chi connectivity index (χ4v) is 0.122. The molecule has 0 unspecified atom stereocenters. The molecule has 39 valence electrons. The first-order chi connectivity index (χ1) is 2.81. The second-order valence-electron chi connectivity index (χ2n) is 0.698. The topological polar surface area (TPSA) is 57.5 Å². The van der Waals surface area contributed by atoms with E-state index in [9.17, 15) is 4.21 Å².